The second kappa shape index (κ2) is 21.1. The highest BCUT2D eigenvalue weighted by molar-refractivity contribution is 5.88. The number of H-pyrrole nitrogens is 2. The summed E-state index contributed by atoms with van der Waals surface area (Å²) in [4.78, 5) is 77.9. The molecule has 0 bridgehead atoms. The first kappa shape index (κ1) is 52.7. The van der Waals surface area contributed by atoms with Gasteiger partial charge in [-0.2, -0.15) is 0 Å². The molecular weight excluding hydrogens is 997 g/mol. The summed E-state index contributed by atoms with van der Waals surface area (Å²) in [6.07, 6.45) is 8.02. The number of likely N-dealkylation sites (tertiary alicyclic amines) is 4. The lowest BCUT2D eigenvalue weighted by atomic mass is 9.97. The first-order chi connectivity index (χ1) is 37.0. The number of halogens is 4. The molecule has 1 unspecified atom stereocenters. The first-order valence-electron chi connectivity index (χ1n) is 28.0. The highest BCUT2D eigenvalue weighted by Gasteiger charge is 2.52. The number of ether oxygens (including phenoxy) is 2. The van der Waals surface area contributed by atoms with Gasteiger partial charge in [0, 0.05) is 48.4 Å². The molecule has 20 heteroatoms. The molecule has 2 aromatic carbocycles. The van der Waals surface area contributed by atoms with Gasteiger partial charge in [-0.3, -0.25) is 9.59 Å². The molecule has 0 spiro atoms. The van der Waals surface area contributed by atoms with Gasteiger partial charge < -0.3 is 49.7 Å². The average Bonchev–Trinajstić information content (AvgIpc) is 4.31. The van der Waals surface area contributed by atoms with E-state index in [4.69, 9.17) is 19.4 Å². The van der Waals surface area contributed by atoms with Crippen molar-refractivity contribution in [3.05, 3.63) is 82.0 Å². The number of methoxy groups -OCH3 is 2. The highest BCUT2D eigenvalue weighted by atomic mass is 19.1. The van der Waals surface area contributed by atoms with Crippen LogP contribution in [0.15, 0.2) is 47.6 Å². The summed E-state index contributed by atoms with van der Waals surface area (Å²) in [5, 5.41) is 5.48. The average molecular weight is 1070 g/mol. The van der Waals surface area contributed by atoms with E-state index in [0.717, 1.165) is 57.8 Å². The number of allylic oxidation sites excluding steroid dienone is 4. The predicted molar refractivity (Wildman–Crippen MR) is 279 cm³/mol. The van der Waals surface area contributed by atoms with Crippen molar-refractivity contribution in [3.8, 4) is 0 Å². The molecule has 3 aliphatic carbocycles. The summed E-state index contributed by atoms with van der Waals surface area (Å²) in [7, 11) is 2.51. The number of piperidine rings is 1. The summed E-state index contributed by atoms with van der Waals surface area (Å²) in [6.45, 7) is 8.55. The number of alkyl carbamates (subject to hydrolysis) is 2. The molecule has 4 amide bonds. The number of nitrogens with zero attached hydrogens (tertiary/aromatic N) is 6. The Morgan fingerprint density at radius 2 is 1.10 bits per heavy atom. The molecule has 0 radical (unpaired) electrons. The molecule has 77 heavy (non-hydrogen) atoms. The van der Waals surface area contributed by atoms with Crippen LogP contribution < -0.4 is 10.6 Å². The maximum atomic E-state index is 17.1. The minimum atomic E-state index is -1.69. The fourth-order valence-electron chi connectivity index (χ4n) is 14.6. The van der Waals surface area contributed by atoms with Crippen LogP contribution in [0.2, 0.25) is 0 Å². The normalized spacial score (nSPS) is 28.2. The zero-order valence-electron chi connectivity index (χ0n) is 44.9. The van der Waals surface area contributed by atoms with E-state index >= 15 is 17.6 Å². The maximum absolute atomic E-state index is 17.1. The van der Waals surface area contributed by atoms with Crippen molar-refractivity contribution in [1.29, 1.82) is 0 Å². The lowest BCUT2D eigenvalue weighted by Gasteiger charge is -2.39. The van der Waals surface area contributed by atoms with E-state index in [1.165, 1.54) is 32.4 Å². The summed E-state index contributed by atoms with van der Waals surface area (Å²) >= 11 is 0. The van der Waals surface area contributed by atoms with E-state index in [9.17, 15) is 19.2 Å². The Kier molecular flexibility index (Phi) is 14.5. The molecule has 11 rings (SSSR count). The number of aromatic nitrogens is 4. The fourth-order valence-corrected chi connectivity index (χ4v) is 14.6. The summed E-state index contributed by atoms with van der Waals surface area (Å²) in [5.41, 5.74) is 2.49. The summed E-state index contributed by atoms with van der Waals surface area (Å²) < 4.78 is 77.3. The minimum Gasteiger partial charge on any atom is -0.453 e. The van der Waals surface area contributed by atoms with Gasteiger partial charge in [-0.25, -0.2) is 37.1 Å². The van der Waals surface area contributed by atoms with Crippen molar-refractivity contribution in [2.24, 2.45) is 23.7 Å². The standard InChI is InChI=1S/C57H72F4N10O6/c1-28(2)49(66-56(74)76-5)54(72)70-43-14-10-12-30(43)20-47(70)52-62-39-24-33(35(58)26-41(39)64-52)45-16-17-46(69(45)32-22-37(60)51(38(61)23-32)68-18-8-7-9-19-68)34-25-40-42(27-36(34)59)65-53(63-40)48-21-31-13-11-15-44(31)71(48)55(73)50(29(3)4)67-57(75)77-6/h22,24-31,38,43-50H,7-21,23H2,1-6H3,(H,62,64)(H,63,65)(H,66,74)(H,67,75)/t30-,31-,38?,43-,44-,45+,46+,47-,48-,49-,50-/m0/s1. The molecule has 7 aliphatic rings. The minimum absolute atomic E-state index is 0.0165. The van der Waals surface area contributed by atoms with E-state index in [2.05, 4.69) is 20.6 Å². The third kappa shape index (κ3) is 9.56. The number of imidazole rings is 2. The second-order valence-corrected chi connectivity index (χ2v) is 23.4. The summed E-state index contributed by atoms with van der Waals surface area (Å²) in [5.74, 6) is -1.37. The number of rotatable bonds is 12. The number of hydrogen-bond acceptors (Lipinski definition) is 10. The molecule has 11 atom stereocenters. The van der Waals surface area contributed by atoms with Crippen LogP contribution >= 0.6 is 0 Å². The van der Waals surface area contributed by atoms with Gasteiger partial charge in [0.2, 0.25) is 11.8 Å². The Labute approximate surface area is 446 Å². The van der Waals surface area contributed by atoms with Crippen molar-refractivity contribution >= 4 is 46.1 Å². The van der Waals surface area contributed by atoms with E-state index in [0.29, 0.717) is 72.5 Å². The smallest absolute Gasteiger partial charge is 0.407 e. The number of amides is 4. The van der Waals surface area contributed by atoms with Crippen molar-refractivity contribution in [2.75, 3.05) is 27.3 Å². The number of nitrogens with one attached hydrogen (secondary N) is 4. The lowest BCUT2D eigenvalue weighted by Crippen LogP contribution is -2.53. The molecule has 4 aliphatic heterocycles. The molecule has 414 valence electrons. The largest absolute Gasteiger partial charge is 0.453 e. The molecule has 6 fully saturated rings. The van der Waals surface area contributed by atoms with Crippen LogP contribution in [0.4, 0.5) is 27.2 Å². The van der Waals surface area contributed by atoms with Crippen LogP contribution in [-0.4, -0.2) is 121 Å². The fraction of sp³-hybridized carbons (Fsp3) is 0.614. The van der Waals surface area contributed by atoms with Crippen molar-refractivity contribution in [3.63, 3.8) is 0 Å². The lowest BCUT2D eigenvalue weighted by molar-refractivity contribution is -0.138. The number of hydrogen-bond donors (Lipinski definition) is 4. The molecule has 6 heterocycles. The third-order valence-corrected chi connectivity index (χ3v) is 18.2. The third-order valence-electron chi connectivity index (χ3n) is 18.2. The molecular formula is C57H72F4N10O6. The van der Waals surface area contributed by atoms with Gasteiger partial charge in [0.1, 0.15) is 47.4 Å². The molecule has 4 saturated heterocycles. The van der Waals surface area contributed by atoms with Crippen LogP contribution in [-0.2, 0) is 19.1 Å². The predicted octanol–water partition coefficient (Wildman–Crippen LogP) is 10.5. The van der Waals surface area contributed by atoms with E-state index in [-0.39, 0.29) is 76.5 Å². The Balaban J connectivity index is 0.952. The molecule has 4 aromatic rings. The topological polar surface area (TPSA) is 181 Å². The Morgan fingerprint density at radius 3 is 1.53 bits per heavy atom. The molecule has 4 N–H and O–H groups in total. The van der Waals surface area contributed by atoms with Gasteiger partial charge in [0.15, 0.2) is 0 Å². The number of fused-ring (bicyclic) bond motifs is 4. The summed E-state index contributed by atoms with van der Waals surface area (Å²) in [6, 6.07) is 1.76. The van der Waals surface area contributed by atoms with Crippen LogP contribution in [0, 0.1) is 35.3 Å². The number of carbonyl (C=O) groups is 4. The van der Waals surface area contributed by atoms with E-state index in [1.54, 1.807) is 21.9 Å². The number of carbonyl (C=O) groups excluding carboxylic acids is 4. The van der Waals surface area contributed by atoms with Crippen molar-refractivity contribution in [1.82, 2.24) is 50.2 Å². The number of aromatic amines is 2. The SMILES string of the molecule is COC(=O)N[C@H](C(=O)N1[C@H](c2nc3cc([C@H]4CC[C@H](c5cc6nc([C@@H]7C[C@@H]8CCC[C@@H]8N7C(=O)[C@@H](NC(=O)OC)C(C)C)[nH]c6cc5F)N4C4=CC(F)=C(N5CCCCC5)C(F)C4)c(F)cc3[nH]2)C[C@@H]2CCC[C@@H]21)C(C)C. The van der Waals surface area contributed by atoms with Gasteiger partial charge in [-0.15, -0.1) is 0 Å². The van der Waals surface area contributed by atoms with Crippen LogP contribution in [0.1, 0.15) is 165 Å². The Morgan fingerprint density at radius 1 is 0.636 bits per heavy atom. The van der Waals surface area contributed by atoms with Crippen LogP contribution in [0.25, 0.3) is 22.1 Å². The van der Waals surface area contributed by atoms with Gasteiger partial charge in [-0.05, 0) is 125 Å². The van der Waals surface area contributed by atoms with Crippen LogP contribution in [0.3, 0.4) is 0 Å². The molecule has 2 aromatic heterocycles. The zero-order valence-corrected chi connectivity index (χ0v) is 44.9. The van der Waals surface area contributed by atoms with Gasteiger partial charge in [0.25, 0.3) is 0 Å². The van der Waals surface area contributed by atoms with Gasteiger partial charge in [-0.1, -0.05) is 40.5 Å². The van der Waals surface area contributed by atoms with Crippen molar-refractivity contribution in [2.45, 2.75) is 172 Å². The molecule has 2 saturated carbocycles. The Bertz CT molecular complexity index is 2840. The van der Waals surface area contributed by atoms with Gasteiger partial charge in [0.05, 0.1) is 66.2 Å². The second-order valence-electron chi connectivity index (χ2n) is 23.4. The quantitative estimate of drug-likeness (QED) is 0.0997. The van der Waals surface area contributed by atoms with Crippen LogP contribution in [0.5, 0.6) is 0 Å². The zero-order chi connectivity index (χ0) is 54.1. The van der Waals surface area contributed by atoms with E-state index in [1.807, 2.05) is 37.5 Å². The highest BCUT2D eigenvalue weighted by Crippen LogP contribution is 2.53. The van der Waals surface area contributed by atoms with Crippen molar-refractivity contribution < 1.29 is 46.2 Å². The number of alkyl halides is 1. The first-order valence-corrected chi connectivity index (χ1v) is 28.0. The van der Waals surface area contributed by atoms with E-state index < -0.39 is 72.1 Å². The Hall–Kier alpha value is -6.34. The monoisotopic (exact) mass is 1070 g/mol. The maximum Gasteiger partial charge on any atom is 0.407 e. The van der Waals surface area contributed by atoms with Gasteiger partial charge >= 0.3 is 12.2 Å². The molecule has 16 nitrogen and oxygen atoms in total. The number of benzene rings is 2.